The fourth-order valence-corrected chi connectivity index (χ4v) is 2.04. The van der Waals surface area contributed by atoms with Crippen molar-refractivity contribution in [1.82, 2.24) is 10.6 Å². The number of carbonyl (C=O) groups excluding carboxylic acids is 2. The zero-order valence-corrected chi connectivity index (χ0v) is 13.6. The number of halogens is 1. The van der Waals surface area contributed by atoms with Crippen LogP contribution in [0.5, 0.6) is 0 Å². The van der Waals surface area contributed by atoms with Gasteiger partial charge in [0.1, 0.15) is 0 Å². The molecule has 0 aromatic heterocycles. The summed E-state index contributed by atoms with van der Waals surface area (Å²) >= 11 is 1.99. The minimum Gasteiger partial charge on any atom is -0.478 e. The maximum absolute atomic E-state index is 11.7. The van der Waals surface area contributed by atoms with Crippen LogP contribution in [0.3, 0.4) is 0 Å². The lowest BCUT2D eigenvalue weighted by molar-refractivity contribution is -0.120. The van der Waals surface area contributed by atoms with Crippen molar-refractivity contribution in [2.75, 3.05) is 18.4 Å². The highest BCUT2D eigenvalue weighted by atomic mass is 127. The van der Waals surface area contributed by atoms with Crippen LogP contribution in [0.4, 0.5) is 10.5 Å². The molecule has 0 aliphatic rings. The Labute approximate surface area is 135 Å². The molecule has 1 aromatic rings. The quantitative estimate of drug-likeness (QED) is 0.540. The van der Waals surface area contributed by atoms with E-state index in [0.29, 0.717) is 6.54 Å². The van der Waals surface area contributed by atoms with Crippen molar-refractivity contribution in [3.8, 4) is 0 Å². The molecule has 0 heterocycles. The first-order valence-corrected chi connectivity index (χ1v) is 7.36. The Hall–Kier alpha value is -1.84. The lowest BCUT2D eigenvalue weighted by atomic mass is 10.2. The second-order valence-corrected chi connectivity index (χ2v) is 5.33. The number of aromatic carboxylic acids is 1. The van der Waals surface area contributed by atoms with Gasteiger partial charge in [-0.25, -0.2) is 9.59 Å². The molecule has 0 saturated heterocycles. The normalized spacial score (nSPS) is 9.81. The molecular formula is C13H16IN3O4. The van der Waals surface area contributed by atoms with Gasteiger partial charge < -0.3 is 21.1 Å². The average Bonchev–Trinajstić information content (AvgIpc) is 2.41. The van der Waals surface area contributed by atoms with E-state index in [9.17, 15) is 14.4 Å². The smallest absolute Gasteiger partial charge is 0.337 e. The zero-order chi connectivity index (χ0) is 15.8. The van der Waals surface area contributed by atoms with Crippen molar-refractivity contribution in [3.63, 3.8) is 0 Å². The minimum atomic E-state index is -1.12. The molecule has 1 aromatic carbocycles. The lowest BCUT2D eigenvalue weighted by Gasteiger charge is -2.10. The Balaban J connectivity index is 2.55. The zero-order valence-electron chi connectivity index (χ0n) is 11.4. The first-order valence-electron chi connectivity index (χ1n) is 6.28. The van der Waals surface area contributed by atoms with E-state index >= 15 is 0 Å². The number of carbonyl (C=O) groups is 3. The second-order valence-electron chi connectivity index (χ2n) is 4.08. The molecule has 0 bridgehead atoms. The Morgan fingerprint density at radius 1 is 1.24 bits per heavy atom. The van der Waals surface area contributed by atoms with Gasteiger partial charge in [-0.1, -0.05) is 0 Å². The number of nitrogens with one attached hydrogen (secondary N) is 3. The van der Waals surface area contributed by atoms with Crippen LogP contribution in [-0.2, 0) is 4.79 Å². The molecule has 1 rings (SSSR count). The highest BCUT2D eigenvalue weighted by Gasteiger charge is 2.13. The van der Waals surface area contributed by atoms with Gasteiger partial charge in [-0.2, -0.15) is 0 Å². The monoisotopic (exact) mass is 405 g/mol. The molecule has 0 saturated carbocycles. The van der Waals surface area contributed by atoms with Gasteiger partial charge in [-0.3, -0.25) is 4.79 Å². The molecule has 8 heteroatoms. The number of amides is 3. The van der Waals surface area contributed by atoms with Crippen molar-refractivity contribution in [2.45, 2.75) is 13.3 Å². The van der Waals surface area contributed by atoms with Crippen LogP contribution in [0.25, 0.3) is 0 Å². The number of hydrogen-bond acceptors (Lipinski definition) is 3. The Morgan fingerprint density at radius 2 is 1.95 bits per heavy atom. The third-order valence-electron chi connectivity index (χ3n) is 2.47. The highest BCUT2D eigenvalue weighted by molar-refractivity contribution is 14.1. The average molecular weight is 405 g/mol. The van der Waals surface area contributed by atoms with Gasteiger partial charge >= 0.3 is 12.0 Å². The third-order valence-corrected chi connectivity index (χ3v) is 3.14. The molecule has 3 amide bonds. The number of urea groups is 1. The number of benzene rings is 1. The van der Waals surface area contributed by atoms with Gasteiger partial charge in [0.15, 0.2) is 0 Å². The maximum Gasteiger partial charge on any atom is 0.337 e. The Kier molecular flexibility index (Phi) is 6.92. The highest BCUT2D eigenvalue weighted by Crippen LogP contribution is 2.18. The molecular weight excluding hydrogens is 389 g/mol. The van der Waals surface area contributed by atoms with Crippen LogP contribution >= 0.6 is 22.6 Å². The van der Waals surface area contributed by atoms with Crippen molar-refractivity contribution < 1.29 is 19.5 Å². The first-order chi connectivity index (χ1) is 9.93. The molecule has 0 spiro atoms. The van der Waals surface area contributed by atoms with E-state index < -0.39 is 12.0 Å². The number of carboxylic acids is 1. The minimum absolute atomic E-state index is 0.0146. The fourth-order valence-electron chi connectivity index (χ4n) is 1.54. The van der Waals surface area contributed by atoms with E-state index in [1.807, 2.05) is 29.5 Å². The third kappa shape index (κ3) is 5.98. The summed E-state index contributed by atoms with van der Waals surface area (Å²) in [4.78, 5) is 34.0. The van der Waals surface area contributed by atoms with Crippen LogP contribution < -0.4 is 16.0 Å². The maximum atomic E-state index is 11.7. The van der Waals surface area contributed by atoms with Gasteiger partial charge in [-0.05, 0) is 47.7 Å². The summed E-state index contributed by atoms with van der Waals surface area (Å²) in [5.41, 5.74) is 0.221. The Bertz CT molecular complexity index is 548. The van der Waals surface area contributed by atoms with Gasteiger partial charge in [-0.15, -0.1) is 0 Å². The van der Waals surface area contributed by atoms with Crippen molar-refractivity contribution in [3.05, 3.63) is 27.3 Å². The largest absolute Gasteiger partial charge is 0.478 e. The summed E-state index contributed by atoms with van der Waals surface area (Å²) in [6.45, 7) is 2.52. The summed E-state index contributed by atoms with van der Waals surface area (Å²) in [5.74, 6) is -1.27. The van der Waals surface area contributed by atoms with E-state index in [2.05, 4.69) is 16.0 Å². The summed E-state index contributed by atoms with van der Waals surface area (Å²) < 4.78 is 0.757. The number of hydrogen-bond donors (Lipinski definition) is 4. The molecule has 7 nitrogen and oxygen atoms in total. The van der Waals surface area contributed by atoms with Gasteiger partial charge in [0.2, 0.25) is 5.91 Å². The lowest BCUT2D eigenvalue weighted by Crippen LogP contribution is -2.33. The van der Waals surface area contributed by atoms with E-state index in [-0.39, 0.29) is 30.1 Å². The summed E-state index contributed by atoms with van der Waals surface area (Å²) in [7, 11) is 0. The molecule has 0 aliphatic carbocycles. The summed E-state index contributed by atoms with van der Waals surface area (Å²) in [6.07, 6.45) is 0.166. The molecule has 0 atom stereocenters. The standard InChI is InChI=1S/C13H16IN3O4/c1-2-15-11(18)5-6-16-13(21)17-10-4-3-8(14)7-9(10)12(19)20/h3-4,7H,2,5-6H2,1H3,(H,15,18)(H,19,20)(H2,16,17,21). The predicted molar refractivity (Wildman–Crippen MR) is 86.4 cm³/mol. The molecule has 0 unspecified atom stereocenters. The molecule has 0 aliphatic heterocycles. The molecule has 114 valence electrons. The van der Waals surface area contributed by atoms with Crippen molar-refractivity contribution in [1.29, 1.82) is 0 Å². The molecule has 21 heavy (non-hydrogen) atoms. The first kappa shape index (κ1) is 17.2. The molecule has 0 radical (unpaired) electrons. The van der Waals surface area contributed by atoms with E-state index in [1.165, 1.54) is 12.1 Å². The van der Waals surface area contributed by atoms with Crippen LogP contribution in [0, 0.1) is 3.57 Å². The van der Waals surface area contributed by atoms with E-state index in [4.69, 9.17) is 5.11 Å². The summed E-state index contributed by atoms with van der Waals surface area (Å²) in [5, 5.41) is 16.6. The van der Waals surface area contributed by atoms with Crippen LogP contribution in [0.15, 0.2) is 18.2 Å². The van der Waals surface area contributed by atoms with Crippen LogP contribution in [0.1, 0.15) is 23.7 Å². The molecule has 4 N–H and O–H groups in total. The number of anilines is 1. The fraction of sp³-hybridized carbons (Fsp3) is 0.308. The second kappa shape index (κ2) is 8.45. The molecule has 0 fully saturated rings. The number of rotatable bonds is 6. The van der Waals surface area contributed by atoms with Crippen LogP contribution in [-0.4, -0.2) is 36.1 Å². The van der Waals surface area contributed by atoms with Crippen LogP contribution in [0.2, 0.25) is 0 Å². The van der Waals surface area contributed by atoms with Crippen molar-refractivity contribution >= 4 is 46.2 Å². The van der Waals surface area contributed by atoms with Gasteiger partial charge in [0.05, 0.1) is 11.3 Å². The topological polar surface area (TPSA) is 108 Å². The van der Waals surface area contributed by atoms with E-state index in [0.717, 1.165) is 3.57 Å². The van der Waals surface area contributed by atoms with Crippen molar-refractivity contribution in [2.24, 2.45) is 0 Å². The Morgan fingerprint density at radius 3 is 2.57 bits per heavy atom. The summed E-state index contributed by atoms with van der Waals surface area (Å²) in [6, 6.07) is 4.13. The number of carboxylic acid groups (broad SMARTS) is 1. The predicted octanol–water partition coefficient (Wildman–Crippen LogP) is 1.64. The van der Waals surface area contributed by atoms with Gasteiger partial charge in [0.25, 0.3) is 0 Å². The van der Waals surface area contributed by atoms with E-state index in [1.54, 1.807) is 6.07 Å². The SMILES string of the molecule is CCNC(=O)CCNC(=O)Nc1ccc(I)cc1C(=O)O. The van der Waals surface area contributed by atoms with Gasteiger partial charge in [0, 0.05) is 23.1 Å².